The van der Waals surface area contributed by atoms with Gasteiger partial charge in [0, 0.05) is 36.6 Å². The third-order valence-corrected chi connectivity index (χ3v) is 7.98. The van der Waals surface area contributed by atoms with E-state index >= 15 is 0 Å². The van der Waals surface area contributed by atoms with Gasteiger partial charge in [0.15, 0.2) is 5.52 Å². The predicted octanol–water partition coefficient (Wildman–Crippen LogP) is 8.94. The molecule has 0 saturated heterocycles. The van der Waals surface area contributed by atoms with Crippen LogP contribution in [0.25, 0.3) is 0 Å². The first kappa shape index (κ1) is 35.6. The Morgan fingerprint density at radius 2 is 1.10 bits per heavy atom. The number of hydrogen-bond acceptors (Lipinski definition) is 4. The summed E-state index contributed by atoms with van der Waals surface area (Å²) in [5, 5.41) is 0.863. The van der Waals surface area contributed by atoms with Crippen LogP contribution in [-0.4, -0.2) is 44.2 Å². The summed E-state index contributed by atoms with van der Waals surface area (Å²) in [5.41, 5.74) is 2.96. The van der Waals surface area contributed by atoms with Crippen LogP contribution >= 0.6 is 8.58 Å². The molecular formula is C33H51LiO4P. The summed E-state index contributed by atoms with van der Waals surface area (Å²) in [5.74, 6) is 2.23. The van der Waals surface area contributed by atoms with Crippen molar-refractivity contribution in [1.82, 2.24) is 0 Å². The zero-order chi connectivity index (χ0) is 27.6. The summed E-state index contributed by atoms with van der Waals surface area (Å²) < 4.78 is 18.9. The van der Waals surface area contributed by atoms with Gasteiger partial charge in [0.2, 0.25) is 0 Å². The van der Waals surface area contributed by atoms with Crippen molar-refractivity contribution in [3.8, 4) is 17.2 Å². The van der Waals surface area contributed by atoms with Crippen LogP contribution in [0.3, 0.4) is 0 Å². The second-order valence-electron chi connectivity index (χ2n) is 10.2. The normalized spacial score (nSPS) is 11.0. The van der Waals surface area contributed by atoms with E-state index in [2.05, 4.69) is 20.8 Å². The summed E-state index contributed by atoms with van der Waals surface area (Å²) in [6, 6.07) is 9.98. The number of carbonyl (C=O) groups excluding carboxylic acids is 1. The van der Waals surface area contributed by atoms with E-state index in [4.69, 9.17) is 14.2 Å². The average Bonchev–Trinajstić information content (AvgIpc) is 2.89. The molecule has 213 valence electrons. The number of rotatable bonds is 21. The maximum absolute atomic E-state index is 13.6. The van der Waals surface area contributed by atoms with Gasteiger partial charge >= 0.3 is 0 Å². The van der Waals surface area contributed by atoms with Crippen molar-refractivity contribution < 1.29 is 19.0 Å². The standard InChI is InChI=1S/C33H51O4P.Li/c1-6-9-12-15-21-35-28-24-29(36-22-16-13-10-7-2)32(30(25-28)37-23-17-14-11-8-3)38-33(34)31-26(4)19-18-20-27(31)5;/h18-20,24-25,38H,6-17,21-23H2,1-5H3;. The minimum Gasteiger partial charge on any atom is -0.493 e. The summed E-state index contributed by atoms with van der Waals surface area (Å²) in [6.07, 6.45) is 13.7. The molecule has 0 aliphatic carbocycles. The first-order valence-electron chi connectivity index (χ1n) is 15.0. The van der Waals surface area contributed by atoms with E-state index in [1.165, 1.54) is 44.9 Å². The maximum Gasteiger partial charge on any atom is 0.186 e. The first-order valence-corrected chi connectivity index (χ1v) is 16.0. The van der Waals surface area contributed by atoms with Gasteiger partial charge in [-0.25, -0.2) is 0 Å². The molecule has 0 spiro atoms. The van der Waals surface area contributed by atoms with Crippen molar-refractivity contribution >= 4 is 38.3 Å². The van der Waals surface area contributed by atoms with Crippen molar-refractivity contribution in [2.75, 3.05) is 19.8 Å². The Kier molecular flexibility index (Phi) is 19.4. The van der Waals surface area contributed by atoms with Gasteiger partial charge in [-0.1, -0.05) is 96.8 Å². The van der Waals surface area contributed by atoms with Gasteiger partial charge in [0.05, 0.1) is 25.1 Å². The molecule has 6 heteroatoms. The first-order chi connectivity index (χ1) is 18.5. The van der Waals surface area contributed by atoms with Crippen molar-refractivity contribution in [2.24, 2.45) is 0 Å². The average molecular weight is 550 g/mol. The van der Waals surface area contributed by atoms with E-state index < -0.39 is 0 Å². The second kappa shape index (κ2) is 21.3. The Labute approximate surface area is 252 Å². The van der Waals surface area contributed by atoms with E-state index in [0.717, 1.165) is 71.3 Å². The molecule has 0 aliphatic heterocycles. The maximum atomic E-state index is 13.6. The fourth-order valence-electron chi connectivity index (χ4n) is 4.49. The second-order valence-corrected chi connectivity index (χ2v) is 11.4. The number of benzene rings is 2. The molecule has 2 aromatic carbocycles. The van der Waals surface area contributed by atoms with Crippen LogP contribution in [0.1, 0.15) is 119 Å². The molecule has 1 atom stereocenters. The Hall–Kier alpha value is -1.46. The zero-order valence-electron chi connectivity index (χ0n) is 25.6. The summed E-state index contributed by atoms with van der Waals surface area (Å²) >= 11 is 0. The number of carbonyl (C=O) groups is 1. The summed E-state index contributed by atoms with van der Waals surface area (Å²) in [4.78, 5) is 13.6. The number of aryl methyl sites for hydroxylation is 2. The molecule has 0 amide bonds. The molecular weight excluding hydrogens is 498 g/mol. The molecule has 0 heterocycles. The van der Waals surface area contributed by atoms with Gasteiger partial charge in [-0.3, -0.25) is 4.79 Å². The van der Waals surface area contributed by atoms with Crippen LogP contribution in [0, 0.1) is 13.8 Å². The van der Waals surface area contributed by atoms with Crippen LogP contribution in [0.2, 0.25) is 0 Å². The zero-order valence-corrected chi connectivity index (χ0v) is 26.6. The monoisotopic (exact) mass is 549 g/mol. The molecule has 0 N–H and O–H groups in total. The quantitative estimate of drug-likeness (QED) is 0.0886. The van der Waals surface area contributed by atoms with Gasteiger partial charge in [0.1, 0.15) is 17.2 Å². The van der Waals surface area contributed by atoms with Crippen molar-refractivity contribution in [1.29, 1.82) is 0 Å². The van der Waals surface area contributed by atoms with Crippen molar-refractivity contribution in [2.45, 2.75) is 112 Å². The summed E-state index contributed by atoms with van der Waals surface area (Å²) in [7, 11) is -0.0752. The number of unbranched alkanes of at least 4 members (excludes halogenated alkanes) is 9. The Balaban J connectivity index is 0.00000760. The largest absolute Gasteiger partial charge is 0.493 e. The fraction of sp³-hybridized carbons (Fsp3) is 0.606. The molecule has 0 saturated carbocycles. The van der Waals surface area contributed by atoms with Crippen LogP contribution in [0.4, 0.5) is 0 Å². The molecule has 0 aliphatic rings. The number of ether oxygens (including phenoxy) is 3. The molecule has 4 nitrogen and oxygen atoms in total. The van der Waals surface area contributed by atoms with Gasteiger partial charge in [-0.2, -0.15) is 0 Å². The van der Waals surface area contributed by atoms with E-state index in [0.29, 0.717) is 19.8 Å². The van der Waals surface area contributed by atoms with E-state index in [1.54, 1.807) is 0 Å². The molecule has 0 aromatic heterocycles. The third-order valence-electron chi connectivity index (χ3n) is 6.76. The van der Waals surface area contributed by atoms with E-state index in [9.17, 15) is 4.79 Å². The Bertz CT molecular complexity index is 907. The van der Waals surface area contributed by atoms with Gasteiger partial charge in [0.25, 0.3) is 0 Å². The molecule has 39 heavy (non-hydrogen) atoms. The van der Waals surface area contributed by atoms with Gasteiger partial charge in [-0.05, 0) is 52.8 Å². The molecule has 0 fully saturated rings. The molecule has 0 bridgehead atoms. The third kappa shape index (κ3) is 13.2. The Morgan fingerprint density at radius 1 is 0.667 bits per heavy atom. The van der Waals surface area contributed by atoms with Crippen molar-refractivity contribution in [3.05, 3.63) is 47.0 Å². The minimum absolute atomic E-state index is 0. The molecule has 2 rings (SSSR count). The van der Waals surface area contributed by atoms with E-state index in [-0.39, 0.29) is 33.0 Å². The predicted molar refractivity (Wildman–Crippen MR) is 169 cm³/mol. The Morgan fingerprint density at radius 3 is 1.54 bits per heavy atom. The van der Waals surface area contributed by atoms with Crippen LogP contribution in [0.5, 0.6) is 17.2 Å². The summed E-state index contributed by atoms with van der Waals surface area (Å²) in [6.45, 7) is 12.6. The molecule has 1 radical (unpaired) electrons. The van der Waals surface area contributed by atoms with Crippen LogP contribution in [0.15, 0.2) is 30.3 Å². The fourth-order valence-corrected chi connectivity index (χ4v) is 5.77. The smallest absolute Gasteiger partial charge is 0.186 e. The number of hydrogen-bond donors (Lipinski definition) is 0. The molecule has 2 aromatic rings. The van der Waals surface area contributed by atoms with Crippen molar-refractivity contribution in [3.63, 3.8) is 0 Å². The van der Waals surface area contributed by atoms with Crippen LogP contribution in [-0.2, 0) is 0 Å². The SMILES string of the molecule is CCCCCCOc1cc(OCCCCCC)c(PC(=O)c2c(C)cccc2C)c(OCCCCCC)c1.[Li]. The molecule has 1 unspecified atom stereocenters. The minimum atomic E-state index is -0.0752. The van der Waals surface area contributed by atoms with Crippen LogP contribution < -0.4 is 19.5 Å². The van der Waals surface area contributed by atoms with Gasteiger partial charge < -0.3 is 14.2 Å². The van der Waals surface area contributed by atoms with Gasteiger partial charge in [-0.15, -0.1) is 0 Å². The van der Waals surface area contributed by atoms with E-state index in [1.807, 2.05) is 44.2 Å². The topological polar surface area (TPSA) is 44.8 Å².